The third kappa shape index (κ3) is 6.42. The van der Waals surface area contributed by atoms with Crippen molar-refractivity contribution in [1.82, 2.24) is 20.4 Å². The van der Waals surface area contributed by atoms with E-state index in [2.05, 4.69) is 34.2 Å². The maximum atomic E-state index is 12.9. The van der Waals surface area contributed by atoms with Crippen LogP contribution in [0.15, 0.2) is 51.6 Å². The molecule has 2 unspecified atom stereocenters. The van der Waals surface area contributed by atoms with Crippen LogP contribution in [-0.4, -0.2) is 60.3 Å². The molecule has 3 aromatic rings. The second kappa shape index (κ2) is 11.9. The Morgan fingerprint density at radius 3 is 2.86 bits per heavy atom. The summed E-state index contributed by atoms with van der Waals surface area (Å²) in [5.74, 6) is 2.20. The van der Waals surface area contributed by atoms with Crippen molar-refractivity contribution in [1.29, 1.82) is 0 Å². The predicted molar refractivity (Wildman–Crippen MR) is 133 cm³/mol. The van der Waals surface area contributed by atoms with Gasteiger partial charge in [0.1, 0.15) is 11.5 Å². The highest BCUT2D eigenvalue weighted by molar-refractivity contribution is 5.79. The molecule has 35 heavy (non-hydrogen) atoms. The summed E-state index contributed by atoms with van der Waals surface area (Å²) in [5.41, 5.74) is 0.854. The van der Waals surface area contributed by atoms with Crippen molar-refractivity contribution in [3.8, 4) is 17.1 Å². The predicted octanol–water partition coefficient (Wildman–Crippen LogP) is 3.97. The molecule has 1 amide bonds. The van der Waals surface area contributed by atoms with E-state index < -0.39 is 0 Å². The Labute approximate surface area is 206 Å². The van der Waals surface area contributed by atoms with Crippen LogP contribution in [0.4, 0.5) is 6.01 Å². The monoisotopic (exact) mass is 481 g/mol. The number of nitrogens with one attached hydrogen (secondary N) is 1. The summed E-state index contributed by atoms with van der Waals surface area (Å²) in [5, 5.41) is 7.27. The zero-order chi connectivity index (χ0) is 24.6. The van der Waals surface area contributed by atoms with Gasteiger partial charge in [-0.3, -0.25) is 9.69 Å². The van der Waals surface area contributed by atoms with Gasteiger partial charge in [0.05, 0.1) is 25.8 Å². The number of amides is 1. The second-order valence-electron chi connectivity index (χ2n) is 9.01. The lowest BCUT2D eigenvalue weighted by molar-refractivity contribution is -0.125. The molecule has 4 rings (SSSR count). The van der Waals surface area contributed by atoms with E-state index in [0.717, 1.165) is 56.0 Å². The second-order valence-corrected chi connectivity index (χ2v) is 9.01. The summed E-state index contributed by atoms with van der Waals surface area (Å²) in [6.07, 6.45) is 4.48. The van der Waals surface area contributed by atoms with Gasteiger partial charge in [0.25, 0.3) is 0 Å². The number of ether oxygens (including phenoxy) is 1. The number of carbonyl (C=O) groups is 1. The Kier molecular flexibility index (Phi) is 8.41. The summed E-state index contributed by atoms with van der Waals surface area (Å²) in [6.45, 7) is 7.84. The molecule has 1 saturated heterocycles. The van der Waals surface area contributed by atoms with Crippen molar-refractivity contribution in [3.05, 3.63) is 48.4 Å². The number of hydrogen-bond donors (Lipinski definition) is 1. The van der Waals surface area contributed by atoms with Crippen LogP contribution < -0.4 is 15.0 Å². The lowest BCUT2D eigenvalue weighted by atomic mass is 9.97. The Morgan fingerprint density at radius 2 is 2.14 bits per heavy atom. The van der Waals surface area contributed by atoms with Crippen molar-refractivity contribution in [3.63, 3.8) is 0 Å². The molecule has 0 radical (unpaired) electrons. The number of benzene rings is 1. The summed E-state index contributed by atoms with van der Waals surface area (Å²) >= 11 is 0. The van der Waals surface area contributed by atoms with Gasteiger partial charge in [-0.15, -0.1) is 0 Å². The van der Waals surface area contributed by atoms with E-state index in [9.17, 15) is 4.79 Å². The van der Waals surface area contributed by atoms with Gasteiger partial charge in [0, 0.05) is 37.8 Å². The van der Waals surface area contributed by atoms with Crippen molar-refractivity contribution < 1.29 is 18.5 Å². The molecule has 2 atom stereocenters. The molecule has 188 valence electrons. The molecular weight excluding hydrogens is 446 g/mol. The van der Waals surface area contributed by atoms with Crippen molar-refractivity contribution in [2.24, 2.45) is 5.92 Å². The molecule has 1 N–H and O–H groups in total. The van der Waals surface area contributed by atoms with E-state index >= 15 is 0 Å². The van der Waals surface area contributed by atoms with Gasteiger partial charge in [-0.25, -0.2) is 0 Å². The number of carbonyl (C=O) groups excluding carboxylic acids is 1. The third-order valence-electron chi connectivity index (χ3n) is 6.68. The van der Waals surface area contributed by atoms with Crippen LogP contribution in [0.2, 0.25) is 0 Å². The van der Waals surface area contributed by atoms with Gasteiger partial charge in [0.2, 0.25) is 11.7 Å². The van der Waals surface area contributed by atoms with Crippen LogP contribution in [0.5, 0.6) is 5.75 Å². The first-order valence-corrected chi connectivity index (χ1v) is 12.3. The molecule has 1 aromatic carbocycles. The molecule has 1 fully saturated rings. The van der Waals surface area contributed by atoms with Crippen molar-refractivity contribution >= 4 is 11.9 Å². The van der Waals surface area contributed by atoms with Gasteiger partial charge in [0.15, 0.2) is 0 Å². The number of methoxy groups -OCH3 is 1. The summed E-state index contributed by atoms with van der Waals surface area (Å²) in [6, 6.07) is 12.3. The fourth-order valence-corrected chi connectivity index (χ4v) is 4.35. The molecule has 0 aliphatic carbocycles. The van der Waals surface area contributed by atoms with Crippen LogP contribution in [0.1, 0.15) is 38.9 Å². The Morgan fingerprint density at radius 1 is 1.31 bits per heavy atom. The zero-order valence-electron chi connectivity index (χ0n) is 20.8. The normalized spacial score (nSPS) is 16.9. The minimum absolute atomic E-state index is 0.0756. The van der Waals surface area contributed by atoms with E-state index in [1.807, 2.05) is 41.3 Å². The van der Waals surface area contributed by atoms with Crippen molar-refractivity contribution in [2.45, 2.75) is 45.7 Å². The Bertz CT molecular complexity index is 1050. The standard InChI is InChI=1S/C26H35N5O4/c1-4-19(2)30(18-23-8-6-16-34-23)15-13-27-25(32)21-7-5-14-31(17-21)26-28-24(29-35-26)20-9-11-22(33-3)12-10-20/h6,8-12,16,19,21H,4-5,7,13-15,17-18H2,1-3H3,(H,27,32). The van der Waals surface area contributed by atoms with Gasteiger partial charge in [-0.2, -0.15) is 4.98 Å². The summed E-state index contributed by atoms with van der Waals surface area (Å²) in [4.78, 5) is 21.9. The molecule has 9 heteroatoms. The number of furan rings is 1. The van der Waals surface area contributed by atoms with Gasteiger partial charge in [-0.1, -0.05) is 12.1 Å². The molecule has 1 aliphatic heterocycles. The molecule has 0 spiro atoms. The highest BCUT2D eigenvalue weighted by Crippen LogP contribution is 2.26. The Balaban J connectivity index is 1.29. The lowest BCUT2D eigenvalue weighted by Crippen LogP contribution is -2.45. The van der Waals surface area contributed by atoms with E-state index in [1.54, 1.807) is 13.4 Å². The molecule has 0 saturated carbocycles. The van der Waals surface area contributed by atoms with Crippen LogP contribution in [-0.2, 0) is 11.3 Å². The average Bonchev–Trinajstić information content (AvgIpc) is 3.60. The van der Waals surface area contributed by atoms with E-state index in [0.29, 0.717) is 31.0 Å². The first-order valence-electron chi connectivity index (χ1n) is 12.3. The first kappa shape index (κ1) is 24.8. The van der Waals surface area contributed by atoms with Crippen LogP contribution in [0.25, 0.3) is 11.4 Å². The highest BCUT2D eigenvalue weighted by Gasteiger charge is 2.28. The van der Waals surface area contributed by atoms with Crippen LogP contribution >= 0.6 is 0 Å². The van der Waals surface area contributed by atoms with E-state index in [-0.39, 0.29) is 11.8 Å². The van der Waals surface area contributed by atoms with Gasteiger partial charge < -0.3 is 23.9 Å². The maximum Gasteiger partial charge on any atom is 0.324 e. The molecule has 3 heterocycles. The third-order valence-corrected chi connectivity index (χ3v) is 6.68. The molecule has 0 bridgehead atoms. The Hall–Kier alpha value is -3.33. The molecule has 9 nitrogen and oxygen atoms in total. The van der Waals surface area contributed by atoms with E-state index in [4.69, 9.17) is 13.7 Å². The maximum absolute atomic E-state index is 12.9. The number of hydrogen-bond acceptors (Lipinski definition) is 8. The average molecular weight is 482 g/mol. The number of aromatic nitrogens is 2. The fraction of sp³-hybridized carbons (Fsp3) is 0.500. The number of rotatable bonds is 11. The number of nitrogens with zero attached hydrogens (tertiary/aromatic N) is 4. The first-order chi connectivity index (χ1) is 17.1. The quantitative estimate of drug-likeness (QED) is 0.439. The molecule has 2 aromatic heterocycles. The summed E-state index contributed by atoms with van der Waals surface area (Å²) < 4.78 is 16.2. The minimum Gasteiger partial charge on any atom is -0.497 e. The molecule has 1 aliphatic rings. The van der Waals surface area contributed by atoms with Crippen LogP contribution in [0.3, 0.4) is 0 Å². The number of piperidine rings is 1. The topological polar surface area (TPSA) is 96.9 Å². The van der Waals surface area contributed by atoms with Gasteiger partial charge >= 0.3 is 6.01 Å². The fourth-order valence-electron chi connectivity index (χ4n) is 4.35. The van der Waals surface area contributed by atoms with Crippen molar-refractivity contribution in [2.75, 3.05) is 38.2 Å². The zero-order valence-corrected chi connectivity index (χ0v) is 20.8. The van der Waals surface area contributed by atoms with E-state index in [1.165, 1.54) is 0 Å². The van der Waals surface area contributed by atoms with Crippen LogP contribution in [0, 0.1) is 5.92 Å². The molecular formula is C26H35N5O4. The SMILES string of the molecule is CCC(C)N(CCNC(=O)C1CCCN(c2nc(-c3ccc(OC)cc3)no2)C1)Cc1ccco1. The minimum atomic E-state index is -0.109. The van der Waals surface area contributed by atoms with Gasteiger partial charge in [-0.05, 0) is 62.6 Å². The smallest absolute Gasteiger partial charge is 0.324 e. The lowest BCUT2D eigenvalue weighted by Gasteiger charge is -2.31. The number of anilines is 1. The summed E-state index contributed by atoms with van der Waals surface area (Å²) in [7, 11) is 1.63. The highest BCUT2D eigenvalue weighted by atomic mass is 16.5. The largest absolute Gasteiger partial charge is 0.497 e.